The van der Waals surface area contributed by atoms with E-state index in [9.17, 15) is 0 Å². The van der Waals surface area contributed by atoms with Crippen molar-refractivity contribution in [2.45, 2.75) is 43.9 Å². The van der Waals surface area contributed by atoms with Crippen LogP contribution >= 0.6 is 11.8 Å². The maximum absolute atomic E-state index is 3.77. The van der Waals surface area contributed by atoms with Gasteiger partial charge in [-0.05, 0) is 43.8 Å². The summed E-state index contributed by atoms with van der Waals surface area (Å²) in [5.41, 5.74) is 0. The third-order valence-corrected chi connectivity index (χ3v) is 4.27. The van der Waals surface area contributed by atoms with Crippen LogP contribution in [0.2, 0.25) is 0 Å². The fraction of sp³-hybridized carbons (Fsp3) is 1.00. The molecule has 2 aliphatic carbocycles. The molecule has 2 heteroatoms. The lowest BCUT2D eigenvalue weighted by Gasteiger charge is -2.19. The molecule has 1 nitrogen and oxygen atoms in total. The largest absolute Gasteiger partial charge is 0.312 e. The first-order chi connectivity index (χ1) is 6.31. The molecule has 0 bridgehead atoms. The normalized spacial score (nSPS) is 25.2. The molecule has 1 unspecified atom stereocenters. The van der Waals surface area contributed by atoms with Crippen LogP contribution in [0.1, 0.15) is 32.6 Å². The number of thioether (sulfide) groups is 1. The van der Waals surface area contributed by atoms with Crippen molar-refractivity contribution in [3.8, 4) is 0 Å². The van der Waals surface area contributed by atoms with E-state index in [2.05, 4.69) is 18.5 Å². The molecule has 0 heterocycles. The maximum Gasteiger partial charge on any atom is 0.0141 e. The highest BCUT2D eigenvalue weighted by atomic mass is 32.2. The van der Waals surface area contributed by atoms with Crippen LogP contribution in [0.4, 0.5) is 0 Å². The highest BCUT2D eigenvalue weighted by Gasteiger charge is 2.40. The van der Waals surface area contributed by atoms with Gasteiger partial charge in [0.1, 0.15) is 0 Å². The first kappa shape index (κ1) is 9.85. The minimum absolute atomic E-state index is 0.778. The molecule has 2 saturated carbocycles. The zero-order valence-corrected chi connectivity index (χ0v) is 9.57. The lowest BCUT2D eigenvalue weighted by Crippen LogP contribution is -2.36. The summed E-state index contributed by atoms with van der Waals surface area (Å²) in [5.74, 6) is 2.09. The van der Waals surface area contributed by atoms with Gasteiger partial charge in [0.15, 0.2) is 0 Å². The highest BCUT2D eigenvalue weighted by molar-refractivity contribution is 7.99. The summed E-state index contributed by atoms with van der Waals surface area (Å²) in [6.07, 6.45) is 8.16. The van der Waals surface area contributed by atoms with Gasteiger partial charge in [-0.3, -0.25) is 0 Å². The lowest BCUT2D eigenvalue weighted by atomic mass is 10.1. The van der Waals surface area contributed by atoms with Crippen molar-refractivity contribution in [3.05, 3.63) is 0 Å². The third kappa shape index (κ3) is 2.88. The molecule has 1 atom stereocenters. The predicted molar refractivity (Wildman–Crippen MR) is 60.2 cm³/mol. The van der Waals surface area contributed by atoms with Crippen molar-refractivity contribution in [1.29, 1.82) is 0 Å². The summed E-state index contributed by atoms with van der Waals surface area (Å²) >= 11 is 1.97. The molecule has 0 aromatic heterocycles. The third-order valence-electron chi connectivity index (χ3n) is 3.30. The smallest absolute Gasteiger partial charge is 0.0141 e. The molecule has 0 aromatic rings. The standard InChI is InChI=1S/C11H21NS/c1-8(13-2)7-12-11(9-3-4-9)10-5-6-10/h8-12H,3-7H2,1-2H3. The van der Waals surface area contributed by atoms with Crippen LogP contribution in [0.25, 0.3) is 0 Å². The Morgan fingerprint density at radius 3 is 2.15 bits per heavy atom. The zero-order chi connectivity index (χ0) is 9.26. The fourth-order valence-electron chi connectivity index (χ4n) is 2.01. The van der Waals surface area contributed by atoms with Gasteiger partial charge in [0.25, 0.3) is 0 Å². The second kappa shape index (κ2) is 4.22. The number of rotatable bonds is 6. The van der Waals surface area contributed by atoms with E-state index in [1.807, 2.05) is 11.8 Å². The van der Waals surface area contributed by atoms with Crippen LogP contribution in [-0.2, 0) is 0 Å². The molecule has 13 heavy (non-hydrogen) atoms. The SMILES string of the molecule is CSC(C)CNC(C1CC1)C1CC1. The average Bonchev–Trinajstić information content (AvgIpc) is 2.98. The monoisotopic (exact) mass is 199 g/mol. The Hall–Kier alpha value is 0.310. The van der Waals surface area contributed by atoms with E-state index in [0.29, 0.717) is 0 Å². The topological polar surface area (TPSA) is 12.0 Å². The molecular formula is C11H21NS. The van der Waals surface area contributed by atoms with E-state index in [1.165, 1.54) is 32.2 Å². The Balaban J connectivity index is 1.70. The van der Waals surface area contributed by atoms with Crippen LogP contribution in [-0.4, -0.2) is 24.1 Å². The molecule has 0 radical (unpaired) electrons. The quantitative estimate of drug-likeness (QED) is 0.705. The Kier molecular flexibility index (Phi) is 3.20. The molecule has 76 valence electrons. The molecule has 2 rings (SSSR count). The Bertz CT molecular complexity index is 151. The number of nitrogens with one attached hydrogen (secondary N) is 1. The van der Waals surface area contributed by atoms with Gasteiger partial charge in [-0.25, -0.2) is 0 Å². The molecule has 0 saturated heterocycles. The minimum Gasteiger partial charge on any atom is -0.312 e. The molecule has 0 aliphatic heterocycles. The fourth-order valence-corrected chi connectivity index (χ4v) is 2.28. The maximum atomic E-state index is 3.77. The van der Waals surface area contributed by atoms with Crippen molar-refractivity contribution < 1.29 is 0 Å². The first-order valence-corrected chi connectivity index (χ1v) is 6.86. The molecule has 1 N–H and O–H groups in total. The molecule has 0 aromatic carbocycles. The molecule has 2 fully saturated rings. The van der Waals surface area contributed by atoms with E-state index in [-0.39, 0.29) is 0 Å². The second-order valence-electron chi connectivity index (χ2n) is 4.66. The Morgan fingerprint density at radius 2 is 1.77 bits per heavy atom. The van der Waals surface area contributed by atoms with E-state index in [1.54, 1.807) is 0 Å². The van der Waals surface area contributed by atoms with Crippen molar-refractivity contribution in [1.82, 2.24) is 5.32 Å². The number of hydrogen-bond acceptors (Lipinski definition) is 2. The minimum atomic E-state index is 0.778. The first-order valence-electron chi connectivity index (χ1n) is 5.57. The van der Waals surface area contributed by atoms with Crippen molar-refractivity contribution in [3.63, 3.8) is 0 Å². The predicted octanol–water partition coefficient (Wildman–Crippen LogP) is 2.52. The van der Waals surface area contributed by atoms with Gasteiger partial charge in [-0.15, -0.1) is 0 Å². The van der Waals surface area contributed by atoms with Gasteiger partial charge in [-0.1, -0.05) is 6.92 Å². The van der Waals surface area contributed by atoms with E-state index >= 15 is 0 Å². The Morgan fingerprint density at radius 1 is 1.23 bits per heavy atom. The van der Waals surface area contributed by atoms with Crippen LogP contribution in [0.15, 0.2) is 0 Å². The van der Waals surface area contributed by atoms with Crippen molar-refractivity contribution >= 4 is 11.8 Å². The molecular weight excluding hydrogens is 178 g/mol. The van der Waals surface area contributed by atoms with Crippen LogP contribution in [0.5, 0.6) is 0 Å². The summed E-state index contributed by atoms with van der Waals surface area (Å²) in [6, 6.07) is 0.884. The van der Waals surface area contributed by atoms with Gasteiger partial charge < -0.3 is 5.32 Å². The van der Waals surface area contributed by atoms with Gasteiger partial charge in [0.2, 0.25) is 0 Å². The summed E-state index contributed by atoms with van der Waals surface area (Å²) in [5, 5.41) is 4.55. The summed E-state index contributed by atoms with van der Waals surface area (Å²) in [4.78, 5) is 0. The van der Waals surface area contributed by atoms with Gasteiger partial charge in [0.05, 0.1) is 0 Å². The van der Waals surface area contributed by atoms with Crippen molar-refractivity contribution in [2.24, 2.45) is 11.8 Å². The van der Waals surface area contributed by atoms with Crippen LogP contribution in [0, 0.1) is 11.8 Å². The van der Waals surface area contributed by atoms with Crippen LogP contribution < -0.4 is 5.32 Å². The van der Waals surface area contributed by atoms with Gasteiger partial charge in [0, 0.05) is 17.8 Å². The molecule has 0 amide bonds. The zero-order valence-electron chi connectivity index (χ0n) is 8.75. The second-order valence-corrected chi connectivity index (χ2v) is 5.93. The van der Waals surface area contributed by atoms with E-state index in [0.717, 1.165) is 23.1 Å². The van der Waals surface area contributed by atoms with Crippen molar-refractivity contribution in [2.75, 3.05) is 12.8 Å². The lowest BCUT2D eigenvalue weighted by molar-refractivity contribution is 0.420. The summed E-state index contributed by atoms with van der Waals surface area (Å²) < 4.78 is 0. The summed E-state index contributed by atoms with van der Waals surface area (Å²) in [7, 11) is 0. The number of hydrogen-bond donors (Lipinski definition) is 1. The van der Waals surface area contributed by atoms with Gasteiger partial charge in [-0.2, -0.15) is 11.8 Å². The Labute approximate surface area is 86.0 Å². The molecule has 0 spiro atoms. The van der Waals surface area contributed by atoms with Crippen LogP contribution in [0.3, 0.4) is 0 Å². The summed E-state index contributed by atoms with van der Waals surface area (Å²) in [6.45, 7) is 3.52. The molecule has 2 aliphatic rings. The highest BCUT2D eigenvalue weighted by Crippen LogP contribution is 2.44. The van der Waals surface area contributed by atoms with Gasteiger partial charge >= 0.3 is 0 Å². The average molecular weight is 199 g/mol. The van der Waals surface area contributed by atoms with E-state index in [4.69, 9.17) is 0 Å². The van der Waals surface area contributed by atoms with E-state index < -0.39 is 0 Å².